The minimum atomic E-state index is -1.26. The van der Waals surface area contributed by atoms with E-state index in [1.54, 1.807) is 33.9 Å². The van der Waals surface area contributed by atoms with Gasteiger partial charge in [-0.25, -0.2) is 19.6 Å². The minimum Gasteiger partial charge on any atom is -0.444 e. The van der Waals surface area contributed by atoms with Crippen molar-refractivity contribution in [3.8, 4) is 22.7 Å². The Kier molecular flexibility index (Phi) is 9.07. The summed E-state index contributed by atoms with van der Waals surface area (Å²) in [5, 5.41) is 14.6. The predicted octanol–water partition coefficient (Wildman–Crippen LogP) is 5.78. The first-order valence-corrected chi connectivity index (χ1v) is 13.1. The molecule has 1 N–H and O–H groups in total. The average Bonchev–Trinajstić information content (AvgIpc) is 3.28. The van der Waals surface area contributed by atoms with Crippen molar-refractivity contribution in [2.24, 2.45) is 0 Å². The Morgan fingerprint density at radius 1 is 1.05 bits per heavy atom. The Hall–Kier alpha value is -3.45. The van der Waals surface area contributed by atoms with Crippen molar-refractivity contribution >= 4 is 41.0 Å². The molecule has 0 aliphatic carbocycles. The van der Waals surface area contributed by atoms with Crippen LogP contribution in [0.1, 0.15) is 47.1 Å². The molecule has 3 rings (SSSR count). The maximum Gasteiger partial charge on any atom is 0.420 e. The molecule has 0 saturated heterocycles. The third kappa shape index (κ3) is 8.27. The minimum absolute atomic E-state index is 0.0469. The van der Waals surface area contributed by atoms with Crippen LogP contribution in [0.3, 0.4) is 0 Å². The van der Waals surface area contributed by atoms with Crippen molar-refractivity contribution in [3.05, 3.63) is 46.7 Å². The number of benzene rings is 1. The second-order valence-corrected chi connectivity index (χ2v) is 11.8. The molecule has 0 bridgehead atoms. The average molecular weight is 602 g/mol. The van der Waals surface area contributed by atoms with E-state index in [0.717, 1.165) is 15.9 Å². The molecule has 0 unspecified atom stereocenters. The lowest BCUT2D eigenvalue weighted by molar-refractivity contribution is 0.0284. The zero-order chi connectivity index (χ0) is 29.1. The van der Waals surface area contributed by atoms with E-state index in [4.69, 9.17) is 14.0 Å². The molecule has 208 valence electrons. The Morgan fingerprint density at radius 2 is 1.64 bits per heavy atom. The Balaban J connectivity index is 1.86. The molecule has 0 saturated carbocycles. The molecule has 39 heavy (non-hydrogen) atoms. The van der Waals surface area contributed by atoms with E-state index < -0.39 is 30.4 Å². The van der Waals surface area contributed by atoms with Gasteiger partial charge in [-0.2, -0.15) is 0 Å². The molecule has 0 aliphatic heterocycles. The number of hydrogen-bond donors (Lipinski definition) is 1. The lowest BCUT2D eigenvalue weighted by atomic mass is 9.85. The lowest BCUT2D eigenvalue weighted by Crippen LogP contribution is -2.46. The normalized spacial score (nSPS) is 11.6. The maximum absolute atomic E-state index is 12.9. The summed E-state index contributed by atoms with van der Waals surface area (Å²) in [6.07, 6.45) is 0.210. The van der Waals surface area contributed by atoms with Gasteiger partial charge in [0.25, 0.3) is 0 Å². The van der Waals surface area contributed by atoms with Gasteiger partial charge in [-0.1, -0.05) is 29.4 Å². The summed E-state index contributed by atoms with van der Waals surface area (Å²) < 4.78 is 16.8. The summed E-state index contributed by atoms with van der Waals surface area (Å²) in [5.74, 6) is 0.280. The van der Waals surface area contributed by atoms with Gasteiger partial charge in [-0.3, -0.25) is 4.81 Å². The van der Waals surface area contributed by atoms with Gasteiger partial charge in [-0.15, -0.1) is 0 Å². The van der Waals surface area contributed by atoms with Crippen LogP contribution in [0.25, 0.3) is 22.7 Å². The van der Waals surface area contributed by atoms with Crippen molar-refractivity contribution in [1.82, 2.24) is 20.0 Å². The van der Waals surface area contributed by atoms with E-state index in [0.29, 0.717) is 16.8 Å². The molecule has 0 radical (unpaired) electrons. The molecule has 3 aromatic rings. The standard InChI is InChI=1S/C26H33BBrN5O6/c1-25(2,3)37-23(34)32(8)15-16-9-11-17(12-10-16)18-13-19(39-31-18)21-22(29-14-20(28)30-21)33(27(7)36)24(35)38-26(4,5)6/h9-14,36H,15H2,1-8H3. The molecule has 0 spiro atoms. The summed E-state index contributed by atoms with van der Waals surface area (Å²) >= 11 is 3.30. The van der Waals surface area contributed by atoms with Crippen molar-refractivity contribution in [1.29, 1.82) is 0 Å². The topological polar surface area (TPSA) is 131 Å². The van der Waals surface area contributed by atoms with Crippen LogP contribution in [0.2, 0.25) is 6.82 Å². The number of carbonyl (C=O) groups is 2. The van der Waals surface area contributed by atoms with E-state index in [-0.39, 0.29) is 17.3 Å². The molecule has 11 nitrogen and oxygen atoms in total. The zero-order valence-electron chi connectivity index (χ0n) is 23.4. The van der Waals surface area contributed by atoms with E-state index in [1.807, 2.05) is 45.0 Å². The van der Waals surface area contributed by atoms with Crippen molar-refractivity contribution in [2.45, 2.75) is 66.1 Å². The van der Waals surface area contributed by atoms with Gasteiger partial charge in [0.15, 0.2) is 17.3 Å². The fourth-order valence-corrected chi connectivity index (χ4v) is 3.69. The second-order valence-electron chi connectivity index (χ2n) is 11.0. The summed E-state index contributed by atoms with van der Waals surface area (Å²) in [5.41, 5.74) is 1.01. The van der Waals surface area contributed by atoms with Crippen LogP contribution < -0.4 is 4.81 Å². The molecule has 1 aromatic carbocycles. The number of carbonyl (C=O) groups excluding carboxylic acids is 2. The molecule has 0 fully saturated rings. The number of nitrogens with zero attached hydrogens (tertiary/aromatic N) is 5. The molecule has 2 aromatic heterocycles. The van der Waals surface area contributed by atoms with Crippen LogP contribution in [-0.2, 0) is 16.0 Å². The second kappa shape index (κ2) is 11.7. The number of aromatic nitrogens is 3. The first kappa shape index (κ1) is 30.1. The fraction of sp³-hybridized carbons (Fsp3) is 0.423. The number of halogens is 1. The Labute approximate surface area is 236 Å². The first-order chi connectivity index (χ1) is 18.0. The third-order valence-corrected chi connectivity index (χ3v) is 5.42. The van der Waals surface area contributed by atoms with Gasteiger partial charge in [0.2, 0.25) is 0 Å². The summed E-state index contributed by atoms with van der Waals surface area (Å²) in [6.45, 7) is 12.4. The third-order valence-electron chi connectivity index (χ3n) is 5.03. The Morgan fingerprint density at radius 3 is 2.21 bits per heavy atom. The van der Waals surface area contributed by atoms with Gasteiger partial charge in [0, 0.05) is 25.2 Å². The van der Waals surface area contributed by atoms with Crippen LogP contribution in [0.4, 0.5) is 15.4 Å². The smallest absolute Gasteiger partial charge is 0.420 e. The molecule has 0 atom stereocenters. The van der Waals surface area contributed by atoms with Gasteiger partial charge >= 0.3 is 19.2 Å². The summed E-state index contributed by atoms with van der Waals surface area (Å²) in [4.78, 5) is 36.4. The van der Waals surface area contributed by atoms with Crippen LogP contribution >= 0.6 is 15.9 Å². The van der Waals surface area contributed by atoms with Gasteiger partial charge in [0.1, 0.15) is 21.5 Å². The SMILES string of the molecule is CB(O)N(C(=O)OC(C)(C)C)c1ncc(Br)nc1-c1cc(-c2ccc(CN(C)C(=O)OC(C)(C)C)cc2)no1. The number of amides is 2. The zero-order valence-corrected chi connectivity index (χ0v) is 24.9. The maximum atomic E-state index is 12.9. The van der Waals surface area contributed by atoms with Gasteiger partial charge in [-0.05, 0) is 69.9 Å². The fourth-order valence-electron chi connectivity index (χ4n) is 3.41. The first-order valence-electron chi connectivity index (χ1n) is 12.3. The highest BCUT2D eigenvalue weighted by Gasteiger charge is 2.33. The highest BCUT2D eigenvalue weighted by molar-refractivity contribution is 9.10. The molecule has 2 amide bonds. The highest BCUT2D eigenvalue weighted by Crippen LogP contribution is 2.33. The Bertz CT molecular complexity index is 1320. The van der Waals surface area contributed by atoms with E-state index in [1.165, 1.54) is 17.9 Å². The van der Waals surface area contributed by atoms with Crippen LogP contribution in [0.5, 0.6) is 0 Å². The molecular formula is C26H33BBrN5O6. The van der Waals surface area contributed by atoms with Crippen LogP contribution in [0, 0.1) is 0 Å². The predicted molar refractivity (Wildman–Crippen MR) is 151 cm³/mol. The van der Waals surface area contributed by atoms with Crippen LogP contribution in [-0.4, -0.2) is 62.5 Å². The number of hydrogen-bond acceptors (Lipinski definition) is 9. The van der Waals surface area contributed by atoms with E-state index >= 15 is 0 Å². The van der Waals surface area contributed by atoms with Gasteiger partial charge < -0.3 is 23.9 Å². The highest BCUT2D eigenvalue weighted by atomic mass is 79.9. The summed E-state index contributed by atoms with van der Waals surface area (Å²) in [6, 6.07) is 9.14. The van der Waals surface area contributed by atoms with Crippen LogP contribution in [0.15, 0.2) is 45.7 Å². The van der Waals surface area contributed by atoms with E-state index in [9.17, 15) is 14.6 Å². The number of anilines is 1. The molecule has 13 heteroatoms. The molecule has 0 aliphatic rings. The molecular weight excluding hydrogens is 569 g/mol. The largest absolute Gasteiger partial charge is 0.444 e. The van der Waals surface area contributed by atoms with E-state index in [2.05, 4.69) is 31.1 Å². The number of ether oxygens (including phenoxy) is 2. The lowest BCUT2D eigenvalue weighted by Gasteiger charge is -2.28. The monoisotopic (exact) mass is 601 g/mol. The van der Waals surface area contributed by atoms with Crippen molar-refractivity contribution in [3.63, 3.8) is 0 Å². The quantitative estimate of drug-likeness (QED) is 0.349. The van der Waals surface area contributed by atoms with Gasteiger partial charge in [0.05, 0.1) is 6.20 Å². The van der Waals surface area contributed by atoms with Crippen molar-refractivity contribution in [2.75, 3.05) is 11.9 Å². The summed E-state index contributed by atoms with van der Waals surface area (Å²) in [7, 11) is 0.416. The molecule has 2 heterocycles. The van der Waals surface area contributed by atoms with Crippen molar-refractivity contribution < 1.29 is 28.6 Å². The number of rotatable bonds is 6.